The zero-order chi connectivity index (χ0) is 18.6. The maximum absolute atomic E-state index is 13.1. The van der Waals surface area contributed by atoms with Crippen molar-refractivity contribution in [3.8, 4) is 0 Å². The number of ether oxygens (including phenoxy) is 2. The van der Waals surface area contributed by atoms with E-state index in [0.29, 0.717) is 26.2 Å². The first kappa shape index (κ1) is 18.0. The van der Waals surface area contributed by atoms with Crippen molar-refractivity contribution in [1.29, 1.82) is 0 Å². The number of nitrogens with zero attached hydrogens (tertiary/aromatic N) is 1. The normalized spacial score (nSPS) is 27.0. The van der Waals surface area contributed by atoms with Gasteiger partial charge in [0.1, 0.15) is 0 Å². The fourth-order valence-electron chi connectivity index (χ4n) is 4.21. The average molecular weight is 363 g/mol. The van der Waals surface area contributed by atoms with Crippen molar-refractivity contribution < 1.29 is 14.3 Å². The Morgan fingerprint density at radius 2 is 1.81 bits per heavy atom. The SMILES string of the molecule is C=C[C@@H]1[C@@H](CCOCc2ccccc2)C(=O)N2[C@H](c3ccccc3)OC[C@@H]12. The van der Waals surface area contributed by atoms with Gasteiger partial charge in [-0.3, -0.25) is 4.79 Å². The number of hydrogen-bond acceptors (Lipinski definition) is 3. The smallest absolute Gasteiger partial charge is 0.229 e. The molecule has 1 amide bonds. The third-order valence-electron chi connectivity index (χ3n) is 5.56. The van der Waals surface area contributed by atoms with E-state index < -0.39 is 0 Å². The minimum Gasteiger partial charge on any atom is -0.377 e. The Bertz CT molecular complexity index is 777. The van der Waals surface area contributed by atoms with Gasteiger partial charge in [0.2, 0.25) is 5.91 Å². The molecular formula is C23H25NO3. The lowest BCUT2D eigenvalue weighted by molar-refractivity contribution is -0.138. The summed E-state index contributed by atoms with van der Waals surface area (Å²) in [6.07, 6.45) is 2.33. The molecule has 2 aromatic carbocycles. The quantitative estimate of drug-likeness (QED) is 0.552. The first-order valence-electron chi connectivity index (χ1n) is 9.52. The second-order valence-electron chi connectivity index (χ2n) is 7.16. The van der Waals surface area contributed by atoms with Gasteiger partial charge in [-0.05, 0) is 12.0 Å². The van der Waals surface area contributed by atoms with Gasteiger partial charge >= 0.3 is 0 Å². The van der Waals surface area contributed by atoms with E-state index in [1.807, 2.05) is 71.6 Å². The molecule has 0 aliphatic carbocycles. The molecule has 0 bridgehead atoms. The van der Waals surface area contributed by atoms with E-state index in [1.165, 1.54) is 0 Å². The molecule has 27 heavy (non-hydrogen) atoms. The molecule has 2 heterocycles. The topological polar surface area (TPSA) is 38.8 Å². The van der Waals surface area contributed by atoms with E-state index in [9.17, 15) is 4.79 Å². The van der Waals surface area contributed by atoms with Crippen LogP contribution < -0.4 is 0 Å². The molecule has 140 valence electrons. The first-order chi connectivity index (χ1) is 13.3. The predicted octanol–water partition coefficient (Wildman–Crippen LogP) is 3.95. The van der Waals surface area contributed by atoms with Crippen LogP contribution in [0.15, 0.2) is 73.3 Å². The number of fused-ring (bicyclic) bond motifs is 1. The Hall–Kier alpha value is -2.43. The van der Waals surface area contributed by atoms with E-state index in [0.717, 1.165) is 11.1 Å². The van der Waals surface area contributed by atoms with Crippen molar-refractivity contribution in [2.45, 2.75) is 25.3 Å². The van der Waals surface area contributed by atoms with Gasteiger partial charge in [0, 0.05) is 24.0 Å². The molecule has 2 aromatic rings. The molecule has 4 heteroatoms. The molecule has 2 aliphatic rings. The molecular weight excluding hydrogens is 338 g/mol. The summed E-state index contributed by atoms with van der Waals surface area (Å²) in [5.74, 6) is 0.171. The van der Waals surface area contributed by atoms with Crippen LogP contribution in [0.2, 0.25) is 0 Å². The molecule has 2 saturated heterocycles. The van der Waals surface area contributed by atoms with Crippen LogP contribution in [0.25, 0.3) is 0 Å². The second-order valence-corrected chi connectivity index (χ2v) is 7.16. The number of hydrogen-bond donors (Lipinski definition) is 0. The van der Waals surface area contributed by atoms with Gasteiger partial charge in [-0.15, -0.1) is 6.58 Å². The molecule has 0 saturated carbocycles. The molecule has 4 atom stereocenters. The highest BCUT2D eigenvalue weighted by Crippen LogP contribution is 2.44. The Labute approximate surface area is 160 Å². The highest BCUT2D eigenvalue weighted by Gasteiger charge is 2.53. The summed E-state index contributed by atoms with van der Waals surface area (Å²) >= 11 is 0. The predicted molar refractivity (Wildman–Crippen MR) is 104 cm³/mol. The Morgan fingerprint density at radius 1 is 1.11 bits per heavy atom. The maximum Gasteiger partial charge on any atom is 0.229 e. The van der Waals surface area contributed by atoms with E-state index >= 15 is 0 Å². The van der Waals surface area contributed by atoms with E-state index in [2.05, 4.69) is 6.58 Å². The van der Waals surface area contributed by atoms with Gasteiger partial charge < -0.3 is 14.4 Å². The van der Waals surface area contributed by atoms with Crippen LogP contribution in [0, 0.1) is 11.8 Å². The number of carbonyl (C=O) groups is 1. The number of carbonyl (C=O) groups excluding carboxylic acids is 1. The zero-order valence-corrected chi connectivity index (χ0v) is 15.4. The molecule has 2 fully saturated rings. The third kappa shape index (κ3) is 3.55. The fourth-order valence-corrected chi connectivity index (χ4v) is 4.21. The summed E-state index contributed by atoms with van der Waals surface area (Å²) in [6.45, 7) is 5.68. The second kappa shape index (κ2) is 8.07. The van der Waals surface area contributed by atoms with Gasteiger partial charge in [0.25, 0.3) is 0 Å². The van der Waals surface area contributed by atoms with Crippen molar-refractivity contribution in [2.75, 3.05) is 13.2 Å². The molecule has 2 aliphatic heterocycles. The highest BCUT2D eigenvalue weighted by molar-refractivity contribution is 5.83. The van der Waals surface area contributed by atoms with Crippen LogP contribution in [-0.4, -0.2) is 30.1 Å². The van der Waals surface area contributed by atoms with Crippen LogP contribution in [0.4, 0.5) is 0 Å². The highest BCUT2D eigenvalue weighted by atomic mass is 16.5. The average Bonchev–Trinajstić information content (AvgIpc) is 3.26. The summed E-state index contributed by atoms with van der Waals surface area (Å²) in [5, 5.41) is 0. The summed E-state index contributed by atoms with van der Waals surface area (Å²) in [5.41, 5.74) is 2.17. The third-order valence-corrected chi connectivity index (χ3v) is 5.56. The van der Waals surface area contributed by atoms with E-state index in [-0.39, 0.29) is 30.0 Å². The zero-order valence-electron chi connectivity index (χ0n) is 15.4. The van der Waals surface area contributed by atoms with Crippen LogP contribution in [0.5, 0.6) is 0 Å². The fraction of sp³-hybridized carbons (Fsp3) is 0.348. The van der Waals surface area contributed by atoms with E-state index in [4.69, 9.17) is 9.47 Å². The van der Waals surface area contributed by atoms with Crippen molar-refractivity contribution >= 4 is 5.91 Å². The van der Waals surface area contributed by atoms with Crippen LogP contribution in [-0.2, 0) is 20.9 Å². The molecule has 0 unspecified atom stereocenters. The van der Waals surface area contributed by atoms with Gasteiger partial charge in [-0.25, -0.2) is 0 Å². The Balaban J connectivity index is 1.40. The minimum absolute atomic E-state index is 0.0688. The van der Waals surface area contributed by atoms with Gasteiger partial charge in [0.05, 0.1) is 19.3 Å². The van der Waals surface area contributed by atoms with Gasteiger partial charge in [-0.1, -0.05) is 66.7 Å². The maximum atomic E-state index is 13.1. The van der Waals surface area contributed by atoms with Crippen molar-refractivity contribution in [1.82, 2.24) is 4.90 Å². The lowest BCUT2D eigenvalue weighted by Gasteiger charge is -2.23. The molecule has 0 spiro atoms. The number of rotatable bonds is 7. The van der Waals surface area contributed by atoms with Gasteiger partial charge in [-0.2, -0.15) is 0 Å². The van der Waals surface area contributed by atoms with Crippen molar-refractivity contribution in [2.24, 2.45) is 11.8 Å². The minimum atomic E-state index is -0.290. The lowest BCUT2D eigenvalue weighted by atomic mass is 9.88. The number of amides is 1. The first-order valence-corrected chi connectivity index (χ1v) is 9.52. The largest absolute Gasteiger partial charge is 0.377 e. The Kier molecular flexibility index (Phi) is 5.37. The Morgan fingerprint density at radius 3 is 2.52 bits per heavy atom. The molecule has 4 rings (SSSR count). The summed E-state index contributed by atoms with van der Waals surface area (Å²) in [4.78, 5) is 15.1. The molecule has 0 radical (unpaired) electrons. The van der Waals surface area contributed by atoms with Gasteiger partial charge in [0.15, 0.2) is 6.23 Å². The summed E-state index contributed by atoms with van der Waals surface area (Å²) in [6, 6.07) is 20.1. The molecule has 0 aromatic heterocycles. The monoisotopic (exact) mass is 363 g/mol. The van der Waals surface area contributed by atoms with Crippen LogP contribution >= 0.6 is 0 Å². The number of benzene rings is 2. The molecule has 4 nitrogen and oxygen atoms in total. The van der Waals surface area contributed by atoms with E-state index in [1.54, 1.807) is 0 Å². The van der Waals surface area contributed by atoms with Crippen LogP contribution in [0.3, 0.4) is 0 Å². The molecule has 0 N–H and O–H groups in total. The van der Waals surface area contributed by atoms with Crippen molar-refractivity contribution in [3.05, 3.63) is 84.4 Å². The van der Waals surface area contributed by atoms with Crippen LogP contribution in [0.1, 0.15) is 23.8 Å². The lowest BCUT2D eigenvalue weighted by Crippen LogP contribution is -2.32. The van der Waals surface area contributed by atoms with Crippen molar-refractivity contribution in [3.63, 3.8) is 0 Å². The summed E-state index contributed by atoms with van der Waals surface area (Å²) in [7, 11) is 0. The standard InChI is InChI=1S/C23H25NO3/c1-2-19-20(13-14-26-15-17-9-5-3-6-10-17)22(25)24-21(19)16-27-23(24)18-11-7-4-8-12-18/h2-12,19-21,23H,1,13-16H2/t19-,20-,21+,23+/m1/s1. The summed E-state index contributed by atoms with van der Waals surface area (Å²) < 4.78 is 11.8.